The maximum atomic E-state index is 11.8. The third kappa shape index (κ3) is 4.12. The van der Waals surface area contributed by atoms with Crippen LogP contribution in [0.3, 0.4) is 0 Å². The normalized spacial score (nSPS) is 21.0. The summed E-state index contributed by atoms with van der Waals surface area (Å²) < 4.78 is 5.48. The van der Waals surface area contributed by atoms with Crippen molar-refractivity contribution in [1.82, 2.24) is 5.32 Å². The van der Waals surface area contributed by atoms with Gasteiger partial charge in [0.2, 0.25) is 0 Å². The molecule has 1 aromatic carbocycles. The van der Waals surface area contributed by atoms with E-state index in [-0.39, 0.29) is 5.60 Å². The van der Waals surface area contributed by atoms with Crippen molar-refractivity contribution < 1.29 is 14.3 Å². The molecule has 1 heterocycles. The summed E-state index contributed by atoms with van der Waals surface area (Å²) in [6.07, 6.45) is 0.862. The Morgan fingerprint density at radius 2 is 2.14 bits per heavy atom. The molecule has 1 unspecified atom stereocenters. The number of para-hydroxylation sites is 1. The van der Waals surface area contributed by atoms with E-state index in [4.69, 9.17) is 16.3 Å². The van der Waals surface area contributed by atoms with Gasteiger partial charge in [-0.1, -0.05) is 23.7 Å². The molecule has 0 saturated carbocycles. The number of amides is 2. The highest BCUT2D eigenvalue weighted by atomic mass is 35.5. The molecule has 7 heteroatoms. The predicted octanol–water partition coefficient (Wildman–Crippen LogP) is 1.92. The highest BCUT2D eigenvalue weighted by Crippen LogP contribution is 2.30. The molecule has 0 aliphatic carbocycles. The fourth-order valence-electron chi connectivity index (χ4n) is 2.02. The zero-order chi connectivity index (χ0) is 15.3. The molecule has 1 atom stereocenters. The molecule has 0 radical (unpaired) electrons. The molecule has 114 valence electrons. The lowest BCUT2D eigenvalue weighted by molar-refractivity contribution is -0.136. The SMILES string of the molecule is COC1(CNC(=O)C(=O)Nc2ccccc2Cl)CCSC1. The molecule has 2 amide bonds. The van der Waals surface area contributed by atoms with E-state index in [1.165, 1.54) is 0 Å². The van der Waals surface area contributed by atoms with Crippen LogP contribution in [0.2, 0.25) is 5.02 Å². The number of hydrogen-bond donors (Lipinski definition) is 2. The number of thioether (sulfide) groups is 1. The Kier molecular flexibility index (Phi) is 5.50. The first kappa shape index (κ1) is 16.1. The summed E-state index contributed by atoms with van der Waals surface area (Å²) in [6.45, 7) is 0.325. The lowest BCUT2D eigenvalue weighted by Crippen LogP contribution is -2.47. The van der Waals surface area contributed by atoms with E-state index >= 15 is 0 Å². The second-order valence-corrected chi connectivity index (χ2v) is 6.32. The minimum Gasteiger partial charge on any atom is -0.376 e. The van der Waals surface area contributed by atoms with Gasteiger partial charge in [0.15, 0.2) is 0 Å². The van der Waals surface area contributed by atoms with Crippen molar-refractivity contribution in [2.45, 2.75) is 12.0 Å². The van der Waals surface area contributed by atoms with E-state index < -0.39 is 11.8 Å². The van der Waals surface area contributed by atoms with E-state index in [0.29, 0.717) is 17.3 Å². The summed E-state index contributed by atoms with van der Waals surface area (Å²) >= 11 is 7.71. The average Bonchev–Trinajstić information content (AvgIpc) is 2.96. The van der Waals surface area contributed by atoms with Crippen LogP contribution in [0.25, 0.3) is 0 Å². The molecule has 2 N–H and O–H groups in total. The van der Waals surface area contributed by atoms with Crippen LogP contribution in [-0.4, -0.2) is 42.6 Å². The van der Waals surface area contributed by atoms with Crippen LogP contribution < -0.4 is 10.6 Å². The second kappa shape index (κ2) is 7.15. The van der Waals surface area contributed by atoms with Crippen molar-refractivity contribution in [3.8, 4) is 0 Å². The summed E-state index contributed by atoms with van der Waals surface area (Å²) in [5, 5.41) is 5.50. The van der Waals surface area contributed by atoms with Gasteiger partial charge in [-0.15, -0.1) is 0 Å². The van der Waals surface area contributed by atoms with Crippen LogP contribution in [0.4, 0.5) is 5.69 Å². The molecule has 5 nitrogen and oxygen atoms in total. The number of anilines is 1. The fourth-order valence-corrected chi connectivity index (χ4v) is 3.60. The number of nitrogens with one attached hydrogen (secondary N) is 2. The Morgan fingerprint density at radius 3 is 2.76 bits per heavy atom. The largest absolute Gasteiger partial charge is 0.376 e. The van der Waals surface area contributed by atoms with Gasteiger partial charge >= 0.3 is 11.8 Å². The van der Waals surface area contributed by atoms with E-state index in [1.807, 2.05) is 0 Å². The molecule has 0 spiro atoms. The predicted molar refractivity (Wildman–Crippen MR) is 84.8 cm³/mol. The van der Waals surface area contributed by atoms with Crippen LogP contribution in [0.5, 0.6) is 0 Å². The van der Waals surface area contributed by atoms with Gasteiger partial charge in [0.25, 0.3) is 0 Å². The third-order valence-electron chi connectivity index (χ3n) is 3.40. The van der Waals surface area contributed by atoms with Gasteiger partial charge < -0.3 is 15.4 Å². The first-order chi connectivity index (χ1) is 10.1. The van der Waals surface area contributed by atoms with Crippen molar-refractivity contribution in [1.29, 1.82) is 0 Å². The summed E-state index contributed by atoms with van der Waals surface area (Å²) in [7, 11) is 1.63. The van der Waals surface area contributed by atoms with Gasteiger partial charge in [-0.05, 0) is 24.3 Å². The molecule has 1 aliphatic heterocycles. The van der Waals surface area contributed by atoms with Gasteiger partial charge in [-0.25, -0.2) is 0 Å². The topological polar surface area (TPSA) is 67.4 Å². The number of ether oxygens (including phenoxy) is 1. The maximum Gasteiger partial charge on any atom is 0.313 e. The fraction of sp³-hybridized carbons (Fsp3) is 0.429. The van der Waals surface area contributed by atoms with Crippen LogP contribution in [0, 0.1) is 0 Å². The summed E-state index contributed by atoms with van der Waals surface area (Å²) in [6, 6.07) is 6.76. The van der Waals surface area contributed by atoms with Gasteiger partial charge in [-0.2, -0.15) is 11.8 Å². The quantitative estimate of drug-likeness (QED) is 0.829. The van der Waals surface area contributed by atoms with Crippen molar-refractivity contribution in [3.63, 3.8) is 0 Å². The molecule has 0 bridgehead atoms. The Morgan fingerprint density at radius 1 is 1.38 bits per heavy atom. The Labute approximate surface area is 132 Å². The minimum absolute atomic E-state index is 0.325. The number of carbonyl (C=O) groups is 2. The zero-order valence-electron chi connectivity index (χ0n) is 11.6. The number of methoxy groups -OCH3 is 1. The monoisotopic (exact) mass is 328 g/mol. The lowest BCUT2D eigenvalue weighted by Gasteiger charge is -2.26. The Hall–Kier alpha value is -1.24. The summed E-state index contributed by atoms with van der Waals surface area (Å²) in [5.74, 6) is 0.383. The molecule has 2 rings (SSSR count). The molecule has 1 fully saturated rings. The molecule has 1 saturated heterocycles. The highest BCUT2D eigenvalue weighted by Gasteiger charge is 2.35. The Bertz CT molecular complexity index is 533. The first-order valence-electron chi connectivity index (χ1n) is 6.53. The van der Waals surface area contributed by atoms with Crippen LogP contribution in [0.15, 0.2) is 24.3 Å². The third-order valence-corrected chi connectivity index (χ3v) is 4.95. The molecule has 1 aromatic rings. The summed E-state index contributed by atoms with van der Waals surface area (Å²) in [5.41, 5.74) is 0.0440. The molecular formula is C14H17ClN2O3S. The number of rotatable bonds is 4. The van der Waals surface area contributed by atoms with Crippen molar-refractivity contribution in [2.75, 3.05) is 30.5 Å². The van der Waals surface area contributed by atoms with Crippen LogP contribution >= 0.6 is 23.4 Å². The molecule has 0 aromatic heterocycles. The van der Waals surface area contributed by atoms with Gasteiger partial charge in [0.1, 0.15) is 0 Å². The smallest absolute Gasteiger partial charge is 0.313 e. The molecule has 1 aliphatic rings. The van der Waals surface area contributed by atoms with Crippen LogP contribution in [0.1, 0.15) is 6.42 Å². The van der Waals surface area contributed by atoms with E-state index in [9.17, 15) is 9.59 Å². The Balaban J connectivity index is 1.88. The van der Waals surface area contributed by atoms with Crippen LogP contribution in [-0.2, 0) is 14.3 Å². The number of benzene rings is 1. The van der Waals surface area contributed by atoms with Crippen molar-refractivity contribution in [3.05, 3.63) is 29.3 Å². The number of halogens is 1. The van der Waals surface area contributed by atoms with E-state index in [1.54, 1.807) is 43.1 Å². The average molecular weight is 329 g/mol. The minimum atomic E-state index is -0.736. The van der Waals surface area contributed by atoms with Gasteiger partial charge in [0, 0.05) is 19.4 Å². The number of hydrogen-bond acceptors (Lipinski definition) is 4. The lowest BCUT2D eigenvalue weighted by atomic mass is 10.0. The molecule has 21 heavy (non-hydrogen) atoms. The summed E-state index contributed by atoms with van der Waals surface area (Å²) in [4.78, 5) is 23.7. The highest BCUT2D eigenvalue weighted by molar-refractivity contribution is 7.99. The molecular weight excluding hydrogens is 312 g/mol. The van der Waals surface area contributed by atoms with Gasteiger partial charge in [0.05, 0.1) is 16.3 Å². The number of carbonyl (C=O) groups excluding carboxylic acids is 2. The first-order valence-corrected chi connectivity index (χ1v) is 8.06. The second-order valence-electron chi connectivity index (χ2n) is 4.81. The standard InChI is InChI=1S/C14H17ClN2O3S/c1-20-14(6-7-21-9-14)8-16-12(18)13(19)17-11-5-3-2-4-10(11)15/h2-5H,6-9H2,1H3,(H,16,18)(H,17,19). The van der Waals surface area contributed by atoms with Crippen molar-refractivity contribution in [2.24, 2.45) is 0 Å². The zero-order valence-corrected chi connectivity index (χ0v) is 13.2. The van der Waals surface area contributed by atoms with E-state index in [2.05, 4.69) is 10.6 Å². The van der Waals surface area contributed by atoms with E-state index in [0.717, 1.165) is 17.9 Å². The van der Waals surface area contributed by atoms with Gasteiger partial charge in [-0.3, -0.25) is 9.59 Å². The maximum absolute atomic E-state index is 11.8. The van der Waals surface area contributed by atoms with Crippen molar-refractivity contribution >= 4 is 40.9 Å².